The molecule has 4 nitrogen and oxygen atoms in total. The number of aromatic nitrogens is 1. The predicted octanol–water partition coefficient (Wildman–Crippen LogP) is 1.44. The van der Waals surface area contributed by atoms with Gasteiger partial charge in [-0.15, -0.1) is 0 Å². The number of amides is 1. The van der Waals surface area contributed by atoms with E-state index >= 15 is 0 Å². The topological polar surface area (TPSA) is 62.2 Å². The summed E-state index contributed by atoms with van der Waals surface area (Å²) in [5.41, 5.74) is 1.16. The number of nitrogens with zero attached hydrogens (tertiary/aromatic N) is 1. The van der Waals surface area contributed by atoms with Gasteiger partial charge in [-0.05, 0) is 31.6 Å². The fraction of sp³-hybridized carbons (Fsp3) is 0.467. The predicted molar refractivity (Wildman–Crippen MR) is 80.6 cm³/mol. The summed E-state index contributed by atoms with van der Waals surface area (Å²) in [4.78, 5) is 16.2. The summed E-state index contributed by atoms with van der Waals surface area (Å²) in [5, 5.41) is 12.4. The molecule has 1 fully saturated rings. The van der Waals surface area contributed by atoms with Crippen LogP contribution in [0.4, 0.5) is 0 Å². The number of pyridine rings is 1. The van der Waals surface area contributed by atoms with Gasteiger partial charge < -0.3 is 10.4 Å². The number of aliphatic hydroxyl groups is 1. The van der Waals surface area contributed by atoms with E-state index in [2.05, 4.69) is 28.4 Å². The highest BCUT2D eigenvalue weighted by atomic mass is 32.2. The highest BCUT2D eigenvalue weighted by molar-refractivity contribution is 7.99. The van der Waals surface area contributed by atoms with Crippen LogP contribution in [0.15, 0.2) is 18.5 Å². The number of aliphatic hydroxyl groups excluding tert-OH is 1. The fourth-order valence-electron chi connectivity index (χ4n) is 2.33. The highest BCUT2D eigenvalue weighted by Crippen LogP contribution is 2.28. The number of thioether (sulfide) groups is 1. The summed E-state index contributed by atoms with van der Waals surface area (Å²) < 4.78 is 0. The van der Waals surface area contributed by atoms with Crippen molar-refractivity contribution in [1.29, 1.82) is 0 Å². The van der Waals surface area contributed by atoms with Gasteiger partial charge in [-0.3, -0.25) is 9.78 Å². The summed E-state index contributed by atoms with van der Waals surface area (Å²) in [6, 6.07) is 1.96. The van der Waals surface area contributed by atoms with Crippen molar-refractivity contribution in [3.05, 3.63) is 29.6 Å². The molecule has 1 aliphatic carbocycles. The van der Waals surface area contributed by atoms with Gasteiger partial charge in [-0.1, -0.05) is 11.8 Å². The van der Waals surface area contributed by atoms with Crippen LogP contribution < -0.4 is 5.32 Å². The third kappa shape index (κ3) is 3.99. The molecular weight excluding hydrogens is 272 g/mol. The maximum Gasteiger partial charge on any atom is 0.253 e. The van der Waals surface area contributed by atoms with E-state index in [9.17, 15) is 4.79 Å². The maximum atomic E-state index is 12.2. The van der Waals surface area contributed by atoms with Gasteiger partial charge in [0.15, 0.2) is 0 Å². The van der Waals surface area contributed by atoms with Crippen LogP contribution in [0.3, 0.4) is 0 Å². The smallest absolute Gasteiger partial charge is 0.253 e. The Morgan fingerprint density at radius 1 is 1.55 bits per heavy atom. The monoisotopic (exact) mass is 290 g/mol. The zero-order chi connectivity index (χ0) is 14.4. The van der Waals surface area contributed by atoms with Crippen LogP contribution in [0.25, 0.3) is 0 Å². The molecule has 0 spiro atoms. The number of hydrogen-bond acceptors (Lipinski definition) is 4. The van der Waals surface area contributed by atoms with Crippen LogP contribution in [-0.2, 0) is 0 Å². The number of carbonyl (C=O) groups excluding carboxylic acids is 1. The summed E-state index contributed by atoms with van der Waals surface area (Å²) in [6.07, 6.45) is 8.47. The number of nitrogens with one attached hydrogen (secondary N) is 1. The van der Waals surface area contributed by atoms with Gasteiger partial charge in [0, 0.05) is 29.2 Å². The Morgan fingerprint density at radius 3 is 3.10 bits per heavy atom. The van der Waals surface area contributed by atoms with Gasteiger partial charge in [0.2, 0.25) is 0 Å². The van der Waals surface area contributed by atoms with Crippen molar-refractivity contribution < 1.29 is 9.90 Å². The quantitative estimate of drug-likeness (QED) is 0.827. The van der Waals surface area contributed by atoms with Crippen molar-refractivity contribution in [2.75, 3.05) is 12.9 Å². The molecule has 0 bridgehead atoms. The number of hydrogen-bond donors (Lipinski definition) is 2. The first-order valence-corrected chi connectivity index (χ1v) is 7.90. The molecule has 0 aromatic carbocycles. The van der Waals surface area contributed by atoms with E-state index in [0.29, 0.717) is 16.4 Å². The second kappa shape index (κ2) is 7.32. The average Bonchev–Trinajstić information content (AvgIpc) is 2.93. The molecule has 1 aromatic heterocycles. The first-order valence-electron chi connectivity index (χ1n) is 6.61. The van der Waals surface area contributed by atoms with E-state index < -0.39 is 0 Å². The van der Waals surface area contributed by atoms with E-state index in [1.807, 2.05) is 11.8 Å². The van der Waals surface area contributed by atoms with E-state index in [1.54, 1.807) is 18.5 Å². The molecule has 1 amide bonds. The Balaban J connectivity index is 1.99. The van der Waals surface area contributed by atoms with E-state index in [-0.39, 0.29) is 18.6 Å². The molecule has 2 unspecified atom stereocenters. The third-order valence-corrected chi connectivity index (χ3v) is 4.46. The lowest BCUT2D eigenvalue weighted by molar-refractivity contribution is 0.0937. The molecule has 0 saturated heterocycles. The fourth-order valence-corrected chi connectivity index (χ4v) is 3.12. The Kier molecular flexibility index (Phi) is 5.45. The normalized spacial score (nSPS) is 21.1. The molecule has 2 rings (SSSR count). The summed E-state index contributed by atoms with van der Waals surface area (Å²) >= 11 is 1.87. The summed E-state index contributed by atoms with van der Waals surface area (Å²) in [6.45, 7) is -0.200. The standard InChI is InChI=1S/C15H18N2O2S/c1-20-14-5-4-13(8-14)17-15(19)12-7-11(3-2-6-18)9-16-10-12/h7,9-10,13-14,18H,4-6,8H2,1H3,(H,17,19). The molecule has 1 aromatic rings. The lowest BCUT2D eigenvalue weighted by Gasteiger charge is -2.12. The Hall–Kier alpha value is -1.51. The van der Waals surface area contributed by atoms with Gasteiger partial charge in [-0.2, -0.15) is 11.8 Å². The molecule has 2 N–H and O–H groups in total. The van der Waals surface area contributed by atoms with Gasteiger partial charge >= 0.3 is 0 Å². The lowest BCUT2D eigenvalue weighted by atomic mass is 10.1. The number of rotatable bonds is 3. The minimum atomic E-state index is -0.200. The number of carbonyl (C=O) groups is 1. The molecule has 1 heterocycles. The molecule has 5 heteroatoms. The molecule has 1 saturated carbocycles. The van der Waals surface area contributed by atoms with Gasteiger partial charge in [0.25, 0.3) is 5.91 Å². The van der Waals surface area contributed by atoms with Crippen LogP contribution in [0.2, 0.25) is 0 Å². The van der Waals surface area contributed by atoms with Crippen LogP contribution in [0, 0.1) is 11.8 Å². The Morgan fingerprint density at radius 2 is 2.40 bits per heavy atom. The molecule has 2 atom stereocenters. The zero-order valence-corrected chi connectivity index (χ0v) is 12.2. The minimum absolute atomic E-state index is 0.100. The van der Waals surface area contributed by atoms with Crippen molar-refractivity contribution in [3.63, 3.8) is 0 Å². The Labute approximate surface area is 123 Å². The largest absolute Gasteiger partial charge is 0.384 e. The third-order valence-electron chi connectivity index (χ3n) is 3.37. The zero-order valence-electron chi connectivity index (χ0n) is 11.4. The highest BCUT2D eigenvalue weighted by Gasteiger charge is 2.25. The SMILES string of the molecule is CSC1CCC(NC(=O)c2cncc(C#CCO)c2)C1. The van der Waals surface area contributed by atoms with Crippen LogP contribution >= 0.6 is 11.8 Å². The average molecular weight is 290 g/mol. The second-order valence-corrected chi connectivity index (χ2v) is 5.90. The van der Waals surface area contributed by atoms with Gasteiger partial charge in [0.1, 0.15) is 6.61 Å². The summed E-state index contributed by atoms with van der Waals surface area (Å²) in [5.74, 6) is 5.20. The van der Waals surface area contributed by atoms with E-state index in [4.69, 9.17) is 5.11 Å². The molecular formula is C15H18N2O2S. The van der Waals surface area contributed by atoms with Crippen molar-refractivity contribution in [3.8, 4) is 11.8 Å². The van der Waals surface area contributed by atoms with Crippen LogP contribution in [-0.4, -0.2) is 40.2 Å². The van der Waals surface area contributed by atoms with Crippen molar-refractivity contribution in [1.82, 2.24) is 10.3 Å². The van der Waals surface area contributed by atoms with E-state index in [1.165, 1.54) is 0 Å². The molecule has 0 aliphatic heterocycles. The maximum absolute atomic E-state index is 12.2. The molecule has 1 aliphatic rings. The van der Waals surface area contributed by atoms with Gasteiger partial charge in [-0.25, -0.2) is 0 Å². The first-order chi connectivity index (χ1) is 9.72. The molecule has 106 valence electrons. The Bertz CT molecular complexity index is 536. The second-order valence-electron chi connectivity index (χ2n) is 4.76. The van der Waals surface area contributed by atoms with Gasteiger partial charge in [0.05, 0.1) is 5.56 Å². The molecule has 20 heavy (non-hydrogen) atoms. The van der Waals surface area contributed by atoms with Crippen molar-refractivity contribution in [2.45, 2.75) is 30.6 Å². The van der Waals surface area contributed by atoms with Crippen LogP contribution in [0.5, 0.6) is 0 Å². The van der Waals surface area contributed by atoms with E-state index in [0.717, 1.165) is 19.3 Å². The lowest BCUT2D eigenvalue weighted by Crippen LogP contribution is -2.33. The van der Waals surface area contributed by atoms with Crippen molar-refractivity contribution in [2.24, 2.45) is 0 Å². The van der Waals surface area contributed by atoms with Crippen molar-refractivity contribution >= 4 is 17.7 Å². The minimum Gasteiger partial charge on any atom is -0.384 e. The molecule has 0 radical (unpaired) electrons. The first kappa shape index (κ1) is 14.9. The summed E-state index contributed by atoms with van der Waals surface area (Å²) in [7, 11) is 0. The van der Waals surface area contributed by atoms with Crippen LogP contribution in [0.1, 0.15) is 35.2 Å².